The molecule has 126 valence electrons. The average Bonchev–Trinajstić information content (AvgIpc) is 2.46. The number of benzene rings is 1. The number of ether oxygens (including phenoxy) is 3. The molecule has 0 heterocycles. The van der Waals surface area contributed by atoms with E-state index < -0.39 is 12.2 Å². The Kier molecular flexibility index (Phi) is 9.03. The van der Waals surface area contributed by atoms with Crippen LogP contribution in [0.5, 0.6) is 5.75 Å². The molecule has 0 fully saturated rings. The van der Waals surface area contributed by atoms with Crippen molar-refractivity contribution in [2.45, 2.75) is 39.3 Å². The monoisotopic (exact) mass is 314 g/mol. The van der Waals surface area contributed by atoms with E-state index in [0.717, 1.165) is 11.1 Å². The Labute approximate surface area is 131 Å². The first-order valence-electron chi connectivity index (χ1n) is 7.40. The lowest BCUT2D eigenvalue weighted by molar-refractivity contribution is 0.0324. The van der Waals surface area contributed by atoms with Gasteiger partial charge in [-0.15, -0.1) is 0 Å². The molecule has 0 radical (unpaired) electrons. The number of aliphatic hydroxyl groups excluding tert-OH is 3. The lowest BCUT2D eigenvalue weighted by Crippen LogP contribution is -2.14. The van der Waals surface area contributed by atoms with Gasteiger partial charge in [-0.2, -0.15) is 0 Å². The third-order valence-electron chi connectivity index (χ3n) is 2.82. The molecule has 2 atom stereocenters. The van der Waals surface area contributed by atoms with Crippen LogP contribution in [0.4, 0.5) is 0 Å². The maximum Gasteiger partial charge on any atom is 0.119 e. The Bertz CT molecular complexity index is 419. The van der Waals surface area contributed by atoms with Crippen molar-refractivity contribution >= 4 is 0 Å². The van der Waals surface area contributed by atoms with Crippen molar-refractivity contribution in [3.63, 3.8) is 0 Å². The van der Waals surface area contributed by atoms with Gasteiger partial charge in [-0.25, -0.2) is 0 Å². The normalized spacial score (nSPS) is 13.9. The van der Waals surface area contributed by atoms with E-state index in [4.69, 9.17) is 19.3 Å². The van der Waals surface area contributed by atoms with Crippen LogP contribution in [-0.4, -0.2) is 54.0 Å². The van der Waals surface area contributed by atoms with Crippen LogP contribution >= 0.6 is 0 Å². The molecule has 0 aliphatic carbocycles. The van der Waals surface area contributed by atoms with E-state index in [0.29, 0.717) is 25.6 Å². The van der Waals surface area contributed by atoms with E-state index in [1.165, 1.54) is 0 Å². The fourth-order valence-corrected chi connectivity index (χ4v) is 1.79. The fraction of sp³-hybridized carbons (Fsp3) is 0.625. The van der Waals surface area contributed by atoms with Gasteiger partial charge in [0.15, 0.2) is 0 Å². The zero-order valence-corrected chi connectivity index (χ0v) is 13.2. The quantitative estimate of drug-likeness (QED) is 0.525. The van der Waals surface area contributed by atoms with Gasteiger partial charge in [0.25, 0.3) is 0 Å². The van der Waals surface area contributed by atoms with Gasteiger partial charge < -0.3 is 29.5 Å². The van der Waals surface area contributed by atoms with Gasteiger partial charge in [-0.3, -0.25) is 0 Å². The SMILES string of the molecule is CC(O)COCCOc1ccc(CO)c(COCC(C)O)c1. The van der Waals surface area contributed by atoms with Crippen molar-refractivity contribution < 1.29 is 29.5 Å². The molecule has 6 heteroatoms. The van der Waals surface area contributed by atoms with Gasteiger partial charge in [-0.05, 0) is 37.1 Å². The Morgan fingerprint density at radius 2 is 1.64 bits per heavy atom. The predicted molar refractivity (Wildman–Crippen MR) is 81.7 cm³/mol. The van der Waals surface area contributed by atoms with Gasteiger partial charge in [0.05, 0.1) is 45.2 Å². The van der Waals surface area contributed by atoms with Gasteiger partial charge >= 0.3 is 0 Å². The first-order chi connectivity index (χ1) is 10.5. The predicted octanol–water partition coefficient (Wildman–Crippen LogP) is 0.853. The van der Waals surface area contributed by atoms with Gasteiger partial charge in [0.1, 0.15) is 12.4 Å². The molecule has 0 spiro atoms. The molecule has 0 bridgehead atoms. The van der Waals surface area contributed by atoms with Crippen LogP contribution in [0.2, 0.25) is 0 Å². The summed E-state index contributed by atoms with van der Waals surface area (Å²) in [5.74, 6) is 0.661. The third-order valence-corrected chi connectivity index (χ3v) is 2.82. The van der Waals surface area contributed by atoms with Gasteiger partial charge in [-0.1, -0.05) is 6.07 Å². The van der Waals surface area contributed by atoms with E-state index in [-0.39, 0.29) is 19.8 Å². The molecular weight excluding hydrogens is 288 g/mol. The van der Waals surface area contributed by atoms with Gasteiger partial charge in [0.2, 0.25) is 0 Å². The van der Waals surface area contributed by atoms with Crippen molar-refractivity contribution in [1.29, 1.82) is 0 Å². The van der Waals surface area contributed by atoms with Crippen molar-refractivity contribution in [3.8, 4) is 5.75 Å². The minimum atomic E-state index is -0.525. The van der Waals surface area contributed by atoms with Crippen LogP contribution in [-0.2, 0) is 22.7 Å². The lowest BCUT2D eigenvalue weighted by Gasteiger charge is -2.13. The minimum Gasteiger partial charge on any atom is -0.491 e. The molecule has 1 rings (SSSR count). The summed E-state index contributed by atoms with van der Waals surface area (Å²) in [6.07, 6.45) is -1.01. The number of aliphatic hydroxyl groups is 3. The van der Waals surface area contributed by atoms with Crippen LogP contribution in [0.15, 0.2) is 18.2 Å². The molecule has 0 aliphatic heterocycles. The highest BCUT2D eigenvalue weighted by atomic mass is 16.5. The summed E-state index contributed by atoms with van der Waals surface area (Å²) in [5, 5.41) is 27.6. The van der Waals surface area contributed by atoms with Gasteiger partial charge in [0, 0.05) is 0 Å². The largest absolute Gasteiger partial charge is 0.491 e. The molecule has 0 amide bonds. The van der Waals surface area contributed by atoms with Crippen LogP contribution in [0.3, 0.4) is 0 Å². The average molecular weight is 314 g/mol. The molecule has 0 saturated heterocycles. The maximum absolute atomic E-state index is 9.33. The van der Waals surface area contributed by atoms with Crippen molar-refractivity contribution in [2.75, 3.05) is 26.4 Å². The molecule has 0 saturated carbocycles. The summed E-state index contributed by atoms with van der Waals surface area (Å²) < 4.78 is 16.2. The number of hydrogen-bond acceptors (Lipinski definition) is 6. The van der Waals surface area contributed by atoms with Crippen molar-refractivity contribution in [1.82, 2.24) is 0 Å². The minimum absolute atomic E-state index is 0.0782. The second-order valence-corrected chi connectivity index (χ2v) is 5.23. The maximum atomic E-state index is 9.33. The van der Waals surface area contributed by atoms with Crippen LogP contribution in [0.25, 0.3) is 0 Å². The van der Waals surface area contributed by atoms with Crippen LogP contribution < -0.4 is 4.74 Å². The second-order valence-electron chi connectivity index (χ2n) is 5.23. The summed E-state index contributed by atoms with van der Waals surface area (Å²) in [4.78, 5) is 0. The zero-order chi connectivity index (χ0) is 16.4. The molecule has 0 aliphatic rings. The first-order valence-corrected chi connectivity index (χ1v) is 7.40. The molecule has 2 unspecified atom stereocenters. The molecule has 22 heavy (non-hydrogen) atoms. The summed E-state index contributed by atoms with van der Waals surface area (Å²) in [6, 6.07) is 5.37. The lowest BCUT2D eigenvalue weighted by atomic mass is 10.1. The topological polar surface area (TPSA) is 88.4 Å². The number of rotatable bonds is 11. The van der Waals surface area contributed by atoms with E-state index >= 15 is 0 Å². The Hall–Kier alpha value is -1.18. The summed E-state index contributed by atoms with van der Waals surface area (Å²) in [7, 11) is 0. The Morgan fingerprint density at radius 3 is 2.27 bits per heavy atom. The Balaban J connectivity index is 2.46. The zero-order valence-electron chi connectivity index (χ0n) is 13.2. The summed E-state index contributed by atoms with van der Waals surface area (Å²) >= 11 is 0. The summed E-state index contributed by atoms with van der Waals surface area (Å²) in [6.45, 7) is 4.82. The summed E-state index contributed by atoms with van der Waals surface area (Å²) in [5.41, 5.74) is 1.59. The van der Waals surface area contributed by atoms with Crippen LogP contribution in [0, 0.1) is 0 Å². The standard InChI is InChI=1S/C16H26O6/c1-12(18)9-20-5-6-22-16-4-3-14(8-17)15(7-16)11-21-10-13(2)19/h3-4,7,12-13,17-19H,5-6,8-11H2,1-2H3. The van der Waals surface area contributed by atoms with Crippen molar-refractivity contribution in [2.24, 2.45) is 0 Å². The molecule has 6 nitrogen and oxygen atoms in total. The highest BCUT2D eigenvalue weighted by molar-refractivity contribution is 5.35. The Morgan fingerprint density at radius 1 is 0.955 bits per heavy atom. The molecule has 1 aromatic carbocycles. The fourth-order valence-electron chi connectivity index (χ4n) is 1.79. The molecule has 1 aromatic rings. The van der Waals surface area contributed by atoms with Crippen LogP contribution in [0.1, 0.15) is 25.0 Å². The smallest absolute Gasteiger partial charge is 0.119 e. The number of hydrogen-bond donors (Lipinski definition) is 3. The highest BCUT2D eigenvalue weighted by Gasteiger charge is 2.06. The van der Waals surface area contributed by atoms with E-state index in [9.17, 15) is 10.2 Å². The van der Waals surface area contributed by atoms with E-state index in [2.05, 4.69) is 0 Å². The van der Waals surface area contributed by atoms with Crippen molar-refractivity contribution in [3.05, 3.63) is 29.3 Å². The molecular formula is C16H26O6. The van der Waals surface area contributed by atoms with E-state index in [1.54, 1.807) is 26.0 Å². The molecule has 3 N–H and O–H groups in total. The first kappa shape index (κ1) is 18.9. The highest BCUT2D eigenvalue weighted by Crippen LogP contribution is 2.19. The second kappa shape index (κ2) is 10.5. The van der Waals surface area contributed by atoms with E-state index in [1.807, 2.05) is 6.07 Å². The third kappa shape index (κ3) is 7.72. The molecule has 0 aromatic heterocycles.